The van der Waals surface area contributed by atoms with Gasteiger partial charge < -0.3 is 14.4 Å². The van der Waals surface area contributed by atoms with Gasteiger partial charge >= 0.3 is 0 Å². The fourth-order valence-electron chi connectivity index (χ4n) is 3.98. The van der Waals surface area contributed by atoms with E-state index in [-0.39, 0.29) is 17.6 Å². The molecule has 3 saturated heterocycles. The minimum atomic E-state index is -0.173. The number of ketones is 1. The Bertz CT molecular complexity index is 382. The largest absolute Gasteiger partial charge is 0.378 e. The van der Waals surface area contributed by atoms with Crippen LogP contribution in [0.1, 0.15) is 25.7 Å². The van der Waals surface area contributed by atoms with Crippen LogP contribution in [0.3, 0.4) is 0 Å². The smallest absolute Gasteiger partial charge is 0.154 e. The maximum atomic E-state index is 13.0. The van der Waals surface area contributed by atoms with Gasteiger partial charge in [-0.05, 0) is 46.4 Å². The summed E-state index contributed by atoms with van der Waals surface area (Å²) in [7, 11) is 4.21. The Morgan fingerprint density at radius 2 is 2.10 bits per heavy atom. The lowest BCUT2D eigenvalue weighted by atomic mass is 9.81. The second kappa shape index (κ2) is 6.32. The Hall–Kier alpha value is -0.490. The zero-order chi connectivity index (χ0) is 14.9. The average molecular weight is 296 g/mol. The van der Waals surface area contributed by atoms with Gasteiger partial charge in [0.25, 0.3) is 0 Å². The molecule has 1 spiro atoms. The number of nitrogens with zero attached hydrogens (tertiary/aromatic N) is 2. The first-order valence-electron chi connectivity index (χ1n) is 8.24. The lowest BCUT2D eigenvalue weighted by molar-refractivity contribution is -0.141. The van der Waals surface area contributed by atoms with Gasteiger partial charge in [0.1, 0.15) is 0 Å². The van der Waals surface area contributed by atoms with Gasteiger partial charge in [-0.25, -0.2) is 0 Å². The van der Waals surface area contributed by atoms with E-state index in [2.05, 4.69) is 23.9 Å². The van der Waals surface area contributed by atoms with Crippen molar-refractivity contribution in [1.29, 1.82) is 0 Å². The minimum absolute atomic E-state index is 0.0416. The first-order chi connectivity index (χ1) is 10.1. The predicted molar refractivity (Wildman–Crippen MR) is 80.4 cm³/mol. The third-order valence-corrected chi connectivity index (χ3v) is 5.36. The molecule has 0 N–H and O–H groups in total. The second-order valence-electron chi connectivity index (χ2n) is 7.04. The predicted octanol–water partition coefficient (Wildman–Crippen LogP) is 0.777. The summed E-state index contributed by atoms with van der Waals surface area (Å²) in [5, 5.41) is 0. The van der Waals surface area contributed by atoms with Crippen LogP contribution in [-0.2, 0) is 14.3 Å². The molecule has 3 unspecified atom stereocenters. The van der Waals surface area contributed by atoms with Crippen molar-refractivity contribution >= 4 is 5.78 Å². The molecule has 3 heterocycles. The van der Waals surface area contributed by atoms with E-state index >= 15 is 0 Å². The quantitative estimate of drug-likeness (QED) is 0.753. The summed E-state index contributed by atoms with van der Waals surface area (Å²) in [5.74, 6) is 0.556. The highest BCUT2D eigenvalue weighted by Gasteiger charge is 2.44. The van der Waals surface area contributed by atoms with Crippen LogP contribution < -0.4 is 0 Å². The van der Waals surface area contributed by atoms with Crippen molar-refractivity contribution in [3.05, 3.63) is 0 Å². The van der Waals surface area contributed by atoms with E-state index in [1.54, 1.807) is 0 Å². The number of rotatable bonds is 2. The fraction of sp³-hybridized carbons (Fsp3) is 0.938. The van der Waals surface area contributed by atoms with Crippen LogP contribution in [0.2, 0.25) is 0 Å². The minimum Gasteiger partial charge on any atom is -0.378 e. The maximum Gasteiger partial charge on any atom is 0.154 e. The van der Waals surface area contributed by atoms with E-state index in [1.807, 2.05) is 0 Å². The molecule has 3 aliphatic heterocycles. The lowest BCUT2D eigenvalue weighted by Crippen LogP contribution is -2.50. The molecule has 0 radical (unpaired) electrons. The Labute approximate surface area is 127 Å². The van der Waals surface area contributed by atoms with Crippen molar-refractivity contribution in [2.45, 2.75) is 37.3 Å². The Kier molecular flexibility index (Phi) is 4.64. The number of hydrogen-bond acceptors (Lipinski definition) is 5. The van der Waals surface area contributed by atoms with E-state index in [0.29, 0.717) is 19.0 Å². The van der Waals surface area contributed by atoms with E-state index < -0.39 is 0 Å². The van der Waals surface area contributed by atoms with E-state index in [1.165, 1.54) is 0 Å². The number of hydrogen-bond donors (Lipinski definition) is 0. The molecule has 5 nitrogen and oxygen atoms in total. The topological polar surface area (TPSA) is 42.0 Å². The monoisotopic (exact) mass is 296 g/mol. The molecular formula is C16H28N2O3. The maximum absolute atomic E-state index is 13.0. The van der Waals surface area contributed by atoms with Gasteiger partial charge in [-0.1, -0.05) is 0 Å². The lowest BCUT2D eigenvalue weighted by Gasteiger charge is -2.38. The third-order valence-electron chi connectivity index (χ3n) is 5.36. The van der Waals surface area contributed by atoms with Gasteiger partial charge in [0.05, 0.1) is 18.2 Å². The zero-order valence-electron chi connectivity index (χ0n) is 13.3. The van der Waals surface area contributed by atoms with Crippen LogP contribution in [-0.4, -0.2) is 80.8 Å². The number of Topliss-reactive ketones (excluding diaryl/α,β-unsaturated/α-hetero) is 1. The highest BCUT2D eigenvalue weighted by Crippen LogP contribution is 2.36. The van der Waals surface area contributed by atoms with Gasteiger partial charge in [0.2, 0.25) is 0 Å². The molecule has 0 amide bonds. The van der Waals surface area contributed by atoms with Crippen LogP contribution in [0.5, 0.6) is 0 Å². The molecule has 3 aliphatic rings. The summed E-state index contributed by atoms with van der Waals surface area (Å²) >= 11 is 0. The molecule has 3 rings (SSSR count). The third kappa shape index (κ3) is 3.31. The Morgan fingerprint density at radius 3 is 2.86 bits per heavy atom. The van der Waals surface area contributed by atoms with Gasteiger partial charge in [-0.2, -0.15) is 0 Å². The van der Waals surface area contributed by atoms with Crippen molar-refractivity contribution in [3.8, 4) is 0 Å². The van der Waals surface area contributed by atoms with Gasteiger partial charge in [-0.3, -0.25) is 9.69 Å². The molecule has 0 aromatic heterocycles. The zero-order valence-corrected chi connectivity index (χ0v) is 13.3. The molecular weight excluding hydrogens is 268 g/mol. The molecule has 0 aliphatic carbocycles. The summed E-state index contributed by atoms with van der Waals surface area (Å²) in [6.07, 6.45) is 3.80. The summed E-state index contributed by atoms with van der Waals surface area (Å²) in [6.45, 7) is 5.09. The first kappa shape index (κ1) is 15.4. The molecule has 0 bridgehead atoms. The highest BCUT2D eigenvalue weighted by molar-refractivity contribution is 5.86. The Morgan fingerprint density at radius 1 is 1.24 bits per heavy atom. The summed E-state index contributed by atoms with van der Waals surface area (Å²) in [5.41, 5.74) is -0.173. The van der Waals surface area contributed by atoms with E-state index in [9.17, 15) is 4.79 Å². The van der Waals surface area contributed by atoms with Crippen molar-refractivity contribution in [3.63, 3.8) is 0 Å². The van der Waals surface area contributed by atoms with Gasteiger partial charge in [0.15, 0.2) is 5.78 Å². The fourth-order valence-corrected chi connectivity index (χ4v) is 3.98. The molecule has 3 atom stereocenters. The second-order valence-corrected chi connectivity index (χ2v) is 7.04. The molecule has 120 valence electrons. The van der Waals surface area contributed by atoms with Gasteiger partial charge in [0, 0.05) is 32.1 Å². The molecule has 0 saturated carbocycles. The molecule has 0 aromatic carbocycles. The average Bonchev–Trinajstić information content (AvgIpc) is 2.84. The molecule has 3 fully saturated rings. The number of carbonyl (C=O) groups excluding carboxylic acids is 1. The highest BCUT2D eigenvalue weighted by atomic mass is 16.6. The normalized spacial score (nSPS) is 39.5. The van der Waals surface area contributed by atoms with Crippen molar-refractivity contribution < 1.29 is 14.3 Å². The van der Waals surface area contributed by atoms with Gasteiger partial charge in [-0.15, -0.1) is 0 Å². The van der Waals surface area contributed by atoms with Crippen molar-refractivity contribution in [2.24, 2.45) is 5.92 Å². The number of ether oxygens (including phenoxy) is 2. The number of carbonyl (C=O) groups is 1. The van der Waals surface area contributed by atoms with Crippen LogP contribution >= 0.6 is 0 Å². The van der Waals surface area contributed by atoms with Crippen LogP contribution in [0, 0.1) is 5.92 Å². The summed E-state index contributed by atoms with van der Waals surface area (Å²) in [4.78, 5) is 17.6. The first-order valence-corrected chi connectivity index (χ1v) is 8.24. The van der Waals surface area contributed by atoms with Crippen LogP contribution in [0.25, 0.3) is 0 Å². The number of likely N-dealkylation sites (N-methyl/N-ethyl adjacent to an activating group) is 2. The van der Waals surface area contributed by atoms with Crippen LogP contribution in [0.15, 0.2) is 0 Å². The summed E-state index contributed by atoms with van der Waals surface area (Å²) < 4.78 is 11.5. The Balaban J connectivity index is 1.68. The molecule has 21 heavy (non-hydrogen) atoms. The summed E-state index contributed by atoms with van der Waals surface area (Å²) in [6, 6.07) is 0.0416. The van der Waals surface area contributed by atoms with Crippen molar-refractivity contribution in [1.82, 2.24) is 9.80 Å². The van der Waals surface area contributed by atoms with E-state index in [4.69, 9.17) is 9.47 Å². The van der Waals surface area contributed by atoms with Crippen LogP contribution in [0.4, 0.5) is 0 Å². The molecule has 0 aromatic rings. The molecule has 5 heteroatoms. The standard InChI is InChI=1S/C16H28N2O3/c1-17-6-3-7-18(2)14(11-17)15(19)13-4-8-21-16(10-13)5-9-20-12-16/h13-14H,3-12H2,1-2H3. The van der Waals surface area contributed by atoms with E-state index in [0.717, 1.165) is 51.9 Å². The van der Waals surface area contributed by atoms with Crippen molar-refractivity contribution in [2.75, 3.05) is 53.6 Å². The SMILES string of the molecule is CN1CCCN(C)C(C(=O)C2CCOC3(CCOC3)C2)C1.